The molecule has 1 N–H and O–H groups in total. The number of hydrogen-bond donors (Lipinski definition) is 1. The summed E-state index contributed by atoms with van der Waals surface area (Å²) in [7, 11) is 0. The lowest BCUT2D eigenvalue weighted by molar-refractivity contribution is 1.23. The van der Waals surface area contributed by atoms with Crippen LogP contribution < -0.4 is 5.32 Å². The number of aromatic nitrogens is 1. The molecule has 0 fully saturated rings. The molecule has 3 heteroatoms. The third-order valence-corrected chi connectivity index (χ3v) is 3.41. The lowest BCUT2D eigenvalue weighted by Crippen LogP contribution is -2.04. The highest BCUT2D eigenvalue weighted by Gasteiger charge is 1.99. The Morgan fingerprint density at radius 1 is 1.29 bits per heavy atom. The molecule has 0 aliphatic rings. The monoisotopic (exact) mass is 244 g/mol. The number of fused-ring (bicyclic) bond motifs is 1. The molecule has 0 unspecified atom stereocenters. The fourth-order valence-electron chi connectivity index (χ4n) is 1.67. The van der Waals surface area contributed by atoms with Crippen LogP contribution in [0.4, 0.5) is 5.69 Å². The van der Waals surface area contributed by atoms with Crippen LogP contribution in [0, 0.1) is 0 Å². The minimum atomic E-state index is 0.965. The van der Waals surface area contributed by atoms with Gasteiger partial charge in [-0.15, -0.1) is 6.58 Å². The molecule has 1 heterocycles. The van der Waals surface area contributed by atoms with Gasteiger partial charge < -0.3 is 5.32 Å². The molecule has 0 atom stereocenters. The van der Waals surface area contributed by atoms with E-state index in [1.807, 2.05) is 48.3 Å². The topological polar surface area (TPSA) is 24.9 Å². The Bertz CT molecular complexity index is 491. The van der Waals surface area contributed by atoms with Crippen LogP contribution >= 0.6 is 11.8 Å². The number of benzene rings is 1. The Labute approximate surface area is 106 Å². The maximum atomic E-state index is 4.34. The predicted molar refractivity (Wildman–Crippen MR) is 77.8 cm³/mol. The van der Waals surface area contributed by atoms with Gasteiger partial charge in [0.1, 0.15) is 0 Å². The molecule has 0 bridgehead atoms. The van der Waals surface area contributed by atoms with Crippen molar-refractivity contribution < 1.29 is 0 Å². The SMILES string of the molecule is C=CCSCCNc1ccnc2ccccc12. The summed E-state index contributed by atoms with van der Waals surface area (Å²) in [6, 6.07) is 10.2. The van der Waals surface area contributed by atoms with E-state index in [0.717, 1.165) is 29.3 Å². The van der Waals surface area contributed by atoms with E-state index < -0.39 is 0 Å². The molecule has 2 aromatic rings. The van der Waals surface area contributed by atoms with Gasteiger partial charge in [-0.05, 0) is 12.1 Å². The van der Waals surface area contributed by atoms with Crippen LogP contribution in [0.3, 0.4) is 0 Å². The number of pyridine rings is 1. The zero-order valence-corrected chi connectivity index (χ0v) is 10.5. The van der Waals surface area contributed by atoms with Gasteiger partial charge in [0.05, 0.1) is 5.52 Å². The van der Waals surface area contributed by atoms with Crippen molar-refractivity contribution in [2.45, 2.75) is 0 Å². The summed E-state index contributed by atoms with van der Waals surface area (Å²) in [5, 5.41) is 4.64. The third-order valence-electron chi connectivity index (χ3n) is 2.45. The van der Waals surface area contributed by atoms with E-state index in [1.165, 1.54) is 5.39 Å². The number of nitrogens with zero attached hydrogens (tertiary/aromatic N) is 1. The van der Waals surface area contributed by atoms with E-state index in [-0.39, 0.29) is 0 Å². The second-order valence-corrected chi connectivity index (χ2v) is 4.82. The normalized spacial score (nSPS) is 10.4. The van der Waals surface area contributed by atoms with Crippen molar-refractivity contribution >= 4 is 28.4 Å². The van der Waals surface area contributed by atoms with E-state index in [4.69, 9.17) is 0 Å². The number of nitrogens with one attached hydrogen (secondary N) is 1. The smallest absolute Gasteiger partial charge is 0.0722 e. The number of thioether (sulfide) groups is 1. The number of hydrogen-bond acceptors (Lipinski definition) is 3. The van der Waals surface area contributed by atoms with Crippen LogP contribution in [0.5, 0.6) is 0 Å². The van der Waals surface area contributed by atoms with Crippen molar-refractivity contribution in [2.75, 3.05) is 23.4 Å². The standard InChI is InChI=1S/C14H16N2S/c1-2-10-17-11-9-16-14-7-8-15-13-6-4-3-5-12(13)14/h2-8H,1,9-11H2,(H,15,16). The zero-order valence-electron chi connectivity index (χ0n) is 9.73. The molecule has 1 aromatic heterocycles. The first-order valence-electron chi connectivity index (χ1n) is 5.68. The van der Waals surface area contributed by atoms with Crippen molar-refractivity contribution in [2.24, 2.45) is 0 Å². The van der Waals surface area contributed by atoms with Crippen LogP contribution in [0.1, 0.15) is 0 Å². The fraction of sp³-hybridized carbons (Fsp3) is 0.214. The Balaban J connectivity index is 2.01. The van der Waals surface area contributed by atoms with Gasteiger partial charge in [0.2, 0.25) is 0 Å². The molecule has 0 aliphatic carbocycles. The van der Waals surface area contributed by atoms with Crippen molar-refractivity contribution in [3.8, 4) is 0 Å². The number of rotatable bonds is 6. The minimum Gasteiger partial charge on any atom is -0.384 e. The van der Waals surface area contributed by atoms with Crippen LogP contribution in [0.25, 0.3) is 10.9 Å². The number of anilines is 1. The quantitative estimate of drug-likeness (QED) is 0.621. The Morgan fingerprint density at radius 3 is 3.06 bits per heavy atom. The second-order valence-electron chi connectivity index (χ2n) is 3.67. The molecule has 1 aromatic carbocycles. The molecule has 0 amide bonds. The molecule has 0 saturated heterocycles. The van der Waals surface area contributed by atoms with Gasteiger partial charge >= 0.3 is 0 Å². The fourth-order valence-corrected chi connectivity index (χ4v) is 2.25. The summed E-state index contributed by atoms with van der Waals surface area (Å²) < 4.78 is 0. The summed E-state index contributed by atoms with van der Waals surface area (Å²) in [5.74, 6) is 2.10. The van der Waals surface area contributed by atoms with Crippen molar-refractivity contribution in [3.63, 3.8) is 0 Å². The molecule has 2 rings (SSSR count). The van der Waals surface area contributed by atoms with E-state index in [9.17, 15) is 0 Å². The lowest BCUT2D eigenvalue weighted by Gasteiger charge is -2.08. The van der Waals surface area contributed by atoms with Crippen LogP contribution in [-0.4, -0.2) is 23.0 Å². The van der Waals surface area contributed by atoms with Crippen molar-refractivity contribution in [1.82, 2.24) is 4.98 Å². The lowest BCUT2D eigenvalue weighted by atomic mass is 10.2. The zero-order chi connectivity index (χ0) is 11.9. The van der Waals surface area contributed by atoms with Crippen LogP contribution in [0.2, 0.25) is 0 Å². The summed E-state index contributed by atoms with van der Waals surface area (Å²) in [5.41, 5.74) is 2.20. The highest BCUT2D eigenvalue weighted by atomic mass is 32.2. The second kappa shape index (κ2) is 6.30. The minimum absolute atomic E-state index is 0.965. The Kier molecular flexibility index (Phi) is 4.45. The average molecular weight is 244 g/mol. The Morgan fingerprint density at radius 2 is 2.18 bits per heavy atom. The summed E-state index contributed by atoms with van der Waals surface area (Å²) in [4.78, 5) is 4.34. The molecule has 17 heavy (non-hydrogen) atoms. The van der Waals surface area contributed by atoms with Gasteiger partial charge in [-0.25, -0.2) is 0 Å². The van der Waals surface area contributed by atoms with E-state index in [2.05, 4.69) is 22.9 Å². The molecule has 88 valence electrons. The maximum absolute atomic E-state index is 4.34. The highest BCUT2D eigenvalue weighted by Crippen LogP contribution is 2.20. The van der Waals surface area contributed by atoms with Gasteiger partial charge in [0.25, 0.3) is 0 Å². The highest BCUT2D eigenvalue weighted by molar-refractivity contribution is 7.99. The van der Waals surface area contributed by atoms with E-state index in [0.29, 0.717) is 0 Å². The molecule has 2 nitrogen and oxygen atoms in total. The van der Waals surface area contributed by atoms with Gasteiger partial charge in [-0.1, -0.05) is 24.3 Å². The molecule has 0 saturated carbocycles. The Hall–Kier alpha value is -1.48. The number of para-hydroxylation sites is 1. The van der Waals surface area contributed by atoms with Gasteiger partial charge in [0, 0.05) is 35.3 Å². The first-order chi connectivity index (χ1) is 8.42. The average Bonchev–Trinajstić information content (AvgIpc) is 2.39. The van der Waals surface area contributed by atoms with Gasteiger partial charge in [-0.2, -0.15) is 11.8 Å². The molecule has 0 radical (unpaired) electrons. The van der Waals surface area contributed by atoms with Crippen LogP contribution in [0.15, 0.2) is 49.2 Å². The van der Waals surface area contributed by atoms with Gasteiger partial charge in [0.15, 0.2) is 0 Å². The van der Waals surface area contributed by atoms with E-state index >= 15 is 0 Å². The summed E-state index contributed by atoms with van der Waals surface area (Å²) >= 11 is 1.88. The first-order valence-corrected chi connectivity index (χ1v) is 6.83. The maximum Gasteiger partial charge on any atom is 0.0722 e. The predicted octanol–water partition coefficient (Wildman–Crippen LogP) is 3.57. The summed E-state index contributed by atoms with van der Waals surface area (Å²) in [6.07, 6.45) is 3.79. The molecule has 0 aliphatic heterocycles. The van der Waals surface area contributed by atoms with Crippen molar-refractivity contribution in [3.05, 3.63) is 49.2 Å². The van der Waals surface area contributed by atoms with E-state index in [1.54, 1.807) is 0 Å². The molecular formula is C14H16N2S. The third kappa shape index (κ3) is 3.24. The molecule has 0 spiro atoms. The summed E-state index contributed by atoms with van der Waals surface area (Å²) in [6.45, 7) is 4.67. The first kappa shape index (κ1) is 12.0. The molecular weight excluding hydrogens is 228 g/mol. The van der Waals surface area contributed by atoms with Crippen molar-refractivity contribution in [1.29, 1.82) is 0 Å². The largest absolute Gasteiger partial charge is 0.384 e. The van der Waals surface area contributed by atoms with Crippen LogP contribution in [-0.2, 0) is 0 Å². The van der Waals surface area contributed by atoms with Gasteiger partial charge in [-0.3, -0.25) is 4.98 Å².